The minimum Gasteiger partial charge on any atom is -0.381 e. The predicted molar refractivity (Wildman–Crippen MR) is 107 cm³/mol. The predicted octanol–water partition coefficient (Wildman–Crippen LogP) is 2.39. The summed E-state index contributed by atoms with van der Waals surface area (Å²) in [5.74, 6) is 1.44. The molecule has 0 aliphatic carbocycles. The van der Waals surface area contributed by atoms with Gasteiger partial charge in [-0.2, -0.15) is 0 Å². The maximum absolute atomic E-state index is 5.60. The van der Waals surface area contributed by atoms with Gasteiger partial charge in [0.15, 0.2) is 5.96 Å². The lowest BCUT2D eigenvalue weighted by molar-refractivity contribution is 0.108. The molecule has 1 aromatic rings. The number of likely N-dealkylation sites (N-methyl/N-ethyl adjacent to an activating group) is 1. The number of nitrogens with one attached hydrogen (secondary N) is 2. The molecular formula is C20H36N4O. The van der Waals surface area contributed by atoms with Crippen LogP contribution in [0.15, 0.2) is 35.3 Å². The highest BCUT2D eigenvalue weighted by Gasteiger charge is 2.12. The van der Waals surface area contributed by atoms with Gasteiger partial charge >= 0.3 is 0 Å². The van der Waals surface area contributed by atoms with E-state index >= 15 is 0 Å². The van der Waals surface area contributed by atoms with E-state index in [0.717, 1.165) is 45.1 Å². The Bertz CT molecular complexity index is 474. The van der Waals surface area contributed by atoms with E-state index < -0.39 is 0 Å². The molecule has 1 rings (SSSR count). The van der Waals surface area contributed by atoms with Crippen molar-refractivity contribution in [1.82, 2.24) is 15.5 Å². The molecule has 0 saturated carbocycles. The van der Waals surface area contributed by atoms with Crippen molar-refractivity contribution in [3.05, 3.63) is 35.9 Å². The third-order valence-electron chi connectivity index (χ3n) is 3.98. The molecule has 142 valence electrons. The normalized spacial score (nSPS) is 13.3. The lowest BCUT2D eigenvalue weighted by Gasteiger charge is -2.25. The van der Waals surface area contributed by atoms with Crippen LogP contribution in [0.25, 0.3) is 0 Å². The molecule has 5 heteroatoms. The lowest BCUT2D eigenvalue weighted by Crippen LogP contribution is -2.46. The molecule has 0 heterocycles. The third-order valence-corrected chi connectivity index (χ3v) is 3.98. The van der Waals surface area contributed by atoms with Crippen LogP contribution in [0.2, 0.25) is 0 Å². The Morgan fingerprint density at radius 3 is 2.48 bits per heavy atom. The molecule has 0 aromatic heterocycles. The summed E-state index contributed by atoms with van der Waals surface area (Å²) in [5.41, 5.74) is 1.35. The summed E-state index contributed by atoms with van der Waals surface area (Å²) in [7, 11) is 6.06. The van der Waals surface area contributed by atoms with Crippen LogP contribution in [0, 0.1) is 5.92 Å². The monoisotopic (exact) mass is 348 g/mol. The summed E-state index contributed by atoms with van der Waals surface area (Å²) in [5, 5.41) is 6.79. The molecule has 5 nitrogen and oxygen atoms in total. The van der Waals surface area contributed by atoms with E-state index in [9.17, 15) is 0 Å². The highest BCUT2D eigenvalue weighted by atomic mass is 16.5. The van der Waals surface area contributed by atoms with Gasteiger partial charge in [0.25, 0.3) is 0 Å². The van der Waals surface area contributed by atoms with Gasteiger partial charge in [-0.25, -0.2) is 0 Å². The van der Waals surface area contributed by atoms with Crippen LogP contribution < -0.4 is 10.6 Å². The van der Waals surface area contributed by atoms with Gasteiger partial charge in [0, 0.05) is 39.4 Å². The summed E-state index contributed by atoms with van der Waals surface area (Å²) in [4.78, 5) is 6.56. The molecule has 2 N–H and O–H groups in total. The largest absolute Gasteiger partial charge is 0.381 e. The third kappa shape index (κ3) is 10.1. The lowest BCUT2D eigenvalue weighted by atomic mass is 10.1. The average Bonchev–Trinajstić information content (AvgIpc) is 2.59. The van der Waals surface area contributed by atoms with Crippen LogP contribution in [0.4, 0.5) is 0 Å². The molecule has 0 bridgehead atoms. The maximum atomic E-state index is 5.60. The summed E-state index contributed by atoms with van der Waals surface area (Å²) >= 11 is 0. The van der Waals surface area contributed by atoms with Crippen molar-refractivity contribution in [3.8, 4) is 0 Å². The molecule has 25 heavy (non-hydrogen) atoms. The van der Waals surface area contributed by atoms with E-state index in [1.807, 2.05) is 7.05 Å². The number of guanidine groups is 1. The Labute approximate surface area is 153 Å². The molecule has 1 atom stereocenters. The first-order chi connectivity index (χ1) is 12.0. The number of nitrogens with zero attached hydrogens (tertiary/aromatic N) is 2. The van der Waals surface area contributed by atoms with E-state index in [-0.39, 0.29) is 0 Å². The zero-order chi connectivity index (χ0) is 18.5. The van der Waals surface area contributed by atoms with Gasteiger partial charge in [-0.3, -0.25) is 4.99 Å². The summed E-state index contributed by atoms with van der Waals surface area (Å²) in [6.07, 6.45) is 2.00. The molecule has 0 fully saturated rings. The topological polar surface area (TPSA) is 48.9 Å². The number of hydrogen-bond acceptors (Lipinski definition) is 3. The fourth-order valence-electron chi connectivity index (χ4n) is 2.46. The molecule has 0 aliphatic heterocycles. The van der Waals surface area contributed by atoms with Crippen LogP contribution in [0.5, 0.6) is 0 Å². The van der Waals surface area contributed by atoms with Gasteiger partial charge in [0.2, 0.25) is 0 Å². The Morgan fingerprint density at radius 1 is 1.16 bits per heavy atom. The maximum Gasteiger partial charge on any atom is 0.191 e. The van der Waals surface area contributed by atoms with Crippen LogP contribution >= 0.6 is 0 Å². The second kappa shape index (κ2) is 12.7. The Hall–Kier alpha value is -1.59. The molecular weight excluding hydrogens is 312 g/mol. The van der Waals surface area contributed by atoms with Crippen LogP contribution in [0.1, 0.15) is 25.8 Å². The molecule has 0 amide bonds. The average molecular weight is 349 g/mol. The second-order valence-corrected chi connectivity index (χ2v) is 7.01. The zero-order valence-corrected chi connectivity index (χ0v) is 16.6. The SMILES string of the molecule is CN=C(NCCCOCC(C)C)NCC(Cc1ccccc1)N(C)C. The first-order valence-corrected chi connectivity index (χ1v) is 9.25. The Balaban J connectivity index is 2.30. The smallest absolute Gasteiger partial charge is 0.191 e. The molecule has 0 radical (unpaired) electrons. The van der Waals surface area contributed by atoms with Crippen LogP contribution in [0.3, 0.4) is 0 Å². The van der Waals surface area contributed by atoms with Crippen molar-refractivity contribution >= 4 is 5.96 Å². The second-order valence-electron chi connectivity index (χ2n) is 7.01. The van der Waals surface area contributed by atoms with Crippen molar-refractivity contribution in [2.45, 2.75) is 32.7 Å². The minimum absolute atomic E-state index is 0.412. The molecule has 0 saturated heterocycles. The number of benzene rings is 1. The van der Waals surface area contributed by atoms with Gasteiger partial charge in [0.05, 0.1) is 0 Å². The minimum atomic E-state index is 0.412. The first kappa shape index (κ1) is 21.5. The number of aliphatic imine (C=N–C) groups is 1. The molecule has 1 unspecified atom stereocenters. The highest BCUT2D eigenvalue weighted by Crippen LogP contribution is 2.06. The van der Waals surface area contributed by atoms with E-state index in [1.165, 1.54) is 5.56 Å². The van der Waals surface area contributed by atoms with Crippen LogP contribution in [-0.2, 0) is 11.2 Å². The Morgan fingerprint density at radius 2 is 1.88 bits per heavy atom. The quantitative estimate of drug-likeness (QED) is 0.366. The van der Waals surface area contributed by atoms with E-state index in [0.29, 0.717) is 12.0 Å². The first-order valence-electron chi connectivity index (χ1n) is 9.25. The van der Waals surface area contributed by atoms with E-state index in [2.05, 4.69) is 78.8 Å². The van der Waals surface area contributed by atoms with Crippen molar-refractivity contribution in [1.29, 1.82) is 0 Å². The summed E-state index contributed by atoms with van der Waals surface area (Å²) < 4.78 is 5.60. The van der Waals surface area contributed by atoms with E-state index in [1.54, 1.807) is 0 Å². The van der Waals surface area contributed by atoms with Gasteiger partial charge in [0.1, 0.15) is 0 Å². The molecule has 1 aromatic carbocycles. The standard InChI is InChI=1S/C20H36N4O/c1-17(2)16-25-13-9-12-22-20(21-3)23-15-19(24(4)5)14-18-10-7-6-8-11-18/h6-8,10-11,17,19H,9,12-16H2,1-5H3,(H2,21,22,23). The van der Waals surface area contributed by atoms with Gasteiger partial charge < -0.3 is 20.3 Å². The molecule has 0 spiro atoms. The summed E-state index contributed by atoms with van der Waals surface area (Å²) in [6.45, 7) is 7.67. The van der Waals surface area contributed by atoms with Crippen molar-refractivity contribution in [3.63, 3.8) is 0 Å². The Kier molecular flexibility index (Phi) is 10.9. The molecule has 0 aliphatic rings. The number of ether oxygens (including phenoxy) is 1. The van der Waals surface area contributed by atoms with E-state index in [4.69, 9.17) is 4.74 Å². The fraction of sp³-hybridized carbons (Fsp3) is 0.650. The van der Waals surface area contributed by atoms with Crippen molar-refractivity contribution in [2.75, 3.05) is 47.4 Å². The highest BCUT2D eigenvalue weighted by molar-refractivity contribution is 5.79. The number of hydrogen-bond donors (Lipinski definition) is 2. The van der Waals surface area contributed by atoms with Crippen LogP contribution in [-0.4, -0.2) is 64.3 Å². The van der Waals surface area contributed by atoms with Crippen molar-refractivity contribution in [2.24, 2.45) is 10.9 Å². The van der Waals surface area contributed by atoms with Crippen molar-refractivity contribution < 1.29 is 4.74 Å². The van der Waals surface area contributed by atoms with Gasteiger partial charge in [-0.05, 0) is 38.4 Å². The summed E-state index contributed by atoms with van der Waals surface area (Å²) in [6, 6.07) is 11.0. The fourth-order valence-corrected chi connectivity index (χ4v) is 2.46. The van der Waals surface area contributed by atoms with Gasteiger partial charge in [-0.1, -0.05) is 44.2 Å². The number of rotatable bonds is 11. The van der Waals surface area contributed by atoms with Gasteiger partial charge in [-0.15, -0.1) is 0 Å². The zero-order valence-electron chi connectivity index (χ0n) is 16.6.